The van der Waals surface area contributed by atoms with E-state index in [1.54, 1.807) is 16.6 Å². The number of carbonyl (C=O) groups is 2. The van der Waals surface area contributed by atoms with Crippen molar-refractivity contribution < 1.29 is 9.59 Å². The molecule has 2 amide bonds. The van der Waals surface area contributed by atoms with Gasteiger partial charge in [0, 0.05) is 20.1 Å². The minimum atomic E-state index is -0.143. The maximum atomic E-state index is 12.4. The second-order valence-corrected chi connectivity index (χ2v) is 7.27. The van der Waals surface area contributed by atoms with Gasteiger partial charge in [-0.2, -0.15) is 4.68 Å². The second kappa shape index (κ2) is 9.50. The summed E-state index contributed by atoms with van der Waals surface area (Å²) in [4.78, 5) is 27.7. The second-order valence-electron chi connectivity index (χ2n) is 6.32. The smallest absolute Gasteiger partial charge is 0.242 e. The van der Waals surface area contributed by atoms with E-state index in [9.17, 15) is 9.59 Å². The van der Waals surface area contributed by atoms with Gasteiger partial charge in [0.15, 0.2) is 0 Å². The first-order valence-corrected chi connectivity index (χ1v) is 9.85. The van der Waals surface area contributed by atoms with E-state index in [-0.39, 0.29) is 24.1 Å². The van der Waals surface area contributed by atoms with Crippen molar-refractivity contribution in [1.29, 1.82) is 0 Å². The molecule has 0 aliphatic heterocycles. The summed E-state index contributed by atoms with van der Waals surface area (Å²) in [6.07, 6.45) is 0. The van der Waals surface area contributed by atoms with Gasteiger partial charge in [0.25, 0.3) is 0 Å². The van der Waals surface area contributed by atoms with Gasteiger partial charge in [-0.1, -0.05) is 17.8 Å². The van der Waals surface area contributed by atoms with Crippen LogP contribution in [0.25, 0.3) is 5.69 Å². The molecule has 1 heterocycles. The van der Waals surface area contributed by atoms with Crippen LogP contribution in [-0.2, 0) is 9.59 Å². The Morgan fingerprint density at radius 3 is 2.30 bits per heavy atom. The Hall–Kier alpha value is -2.42. The monoisotopic (exact) mass is 390 g/mol. The zero-order valence-corrected chi connectivity index (χ0v) is 17.3. The predicted octanol–water partition coefficient (Wildman–Crippen LogP) is 1.70. The van der Waals surface area contributed by atoms with Crippen molar-refractivity contribution in [3.63, 3.8) is 0 Å². The summed E-state index contributed by atoms with van der Waals surface area (Å²) < 4.78 is 1.62. The minimum Gasteiger partial charge on any atom is -0.342 e. The Bertz CT molecular complexity index is 783. The molecule has 0 fully saturated rings. The van der Waals surface area contributed by atoms with E-state index >= 15 is 0 Å². The lowest BCUT2D eigenvalue weighted by atomic mass is 10.1. The molecule has 0 spiro atoms. The Morgan fingerprint density at radius 1 is 1.07 bits per heavy atom. The summed E-state index contributed by atoms with van der Waals surface area (Å²) in [5.41, 5.74) is 3.09. The van der Waals surface area contributed by atoms with Gasteiger partial charge in [-0.25, -0.2) is 0 Å². The third kappa shape index (κ3) is 5.53. The molecule has 2 aromatic rings. The fraction of sp³-hybridized carbons (Fsp3) is 0.500. The first kappa shape index (κ1) is 20.9. The maximum absolute atomic E-state index is 12.4. The number of aromatic nitrogens is 4. The molecule has 0 N–H and O–H groups in total. The molecule has 8 nitrogen and oxygen atoms in total. The van der Waals surface area contributed by atoms with E-state index in [2.05, 4.69) is 21.6 Å². The van der Waals surface area contributed by atoms with Crippen molar-refractivity contribution in [3.05, 3.63) is 29.3 Å². The quantitative estimate of drug-likeness (QED) is 0.638. The predicted molar refractivity (Wildman–Crippen MR) is 105 cm³/mol. The highest BCUT2D eigenvalue weighted by molar-refractivity contribution is 7.99. The highest BCUT2D eigenvalue weighted by Gasteiger charge is 2.18. The van der Waals surface area contributed by atoms with Crippen LogP contribution in [0.15, 0.2) is 23.4 Å². The number of nitrogens with zero attached hydrogens (tertiary/aromatic N) is 6. The van der Waals surface area contributed by atoms with Crippen LogP contribution in [-0.4, -0.2) is 74.3 Å². The highest BCUT2D eigenvalue weighted by Crippen LogP contribution is 2.20. The van der Waals surface area contributed by atoms with Gasteiger partial charge in [-0.3, -0.25) is 9.59 Å². The topological polar surface area (TPSA) is 84.2 Å². The summed E-state index contributed by atoms with van der Waals surface area (Å²) in [6, 6.07) is 6.06. The number of tetrazole rings is 1. The van der Waals surface area contributed by atoms with Crippen LogP contribution in [0.5, 0.6) is 0 Å². The first-order valence-electron chi connectivity index (χ1n) is 8.87. The number of aryl methyl sites for hydroxylation is 2. The Morgan fingerprint density at radius 2 is 1.70 bits per heavy atom. The Balaban J connectivity index is 2.00. The molecule has 146 valence electrons. The third-order valence-corrected chi connectivity index (χ3v) is 5.04. The molecule has 9 heteroatoms. The Kier molecular flexibility index (Phi) is 7.35. The zero-order chi connectivity index (χ0) is 20.0. The number of hydrogen-bond acceptors (Lipinski definition) is 6. The number of rotatable bonds is 8. The summed E-state index contributed by atoms with van der Waals surface area (Å²) in [6.45, 7) is 9.21. The van der Waals surface area contributed by atoms with Gasteiger partial charge in [0.2, 0.25) is 17.0 Å². The van der Waals surface area contributed by atoms with Crippen LogP contribution in [0.2, 0.25) is 0 Å². The number of likely N-dealkylation sites (N-methyl/N-ethyl adjacent to an activating group) is 2. The van der Waals surface area contributed by atoms with Crippen molar-refractivity contribution in [1.82, 2.24) is 30.0 Å². The van der Waals surface area contributed by atoms with Crippen LogP contribution < -0.4 is 0 Å². The van der Waals surface area contributed by atoms with E-state index in [1.807, 2.05) is 39.8 Å². The fourth-order valence-electron chi connectivity index (χ4n) is 2.71. The average Bonchev–Trinajstić information content (AvgIpc) is 3.08. The molecule has 0 saturated carbocycles. The molecule has 0 aliphatic rings. The Labute approximate surface area is 163 Å². The molecular formula is C18H26N6O2S. The standard InChI is InChI=1S/C18H26N6O2S/c1-6-23(7-2)16(25)11-22(5)17(26)12-27-18-19-20-21-24(18)15-9-13(3)8-14(4)10-15/h8-10H,6-7,11-12H2,1-5H3. The molecule has 2 rings (SSSR count). The van der Waals surface area contributed by atoms with Crippen molar-refractivity contribution in [2.75, 3.05) is 32.4 Å². The number of benzene rings is 1. The van der Waals surface area contributed by atoms with Crippen molar-refractivity contribution in [3.8, 4) is 5.69 Å². The van der Waals surface area contributed by atoms with Crippen LogP contribution in [0.1, 0.15) is 25.0 Å². The van der Waals surface area contributed by atoms with E-state index in [0.29, 0.717) is 18.2 Å². The number of carbonyl (C=O) groups excluding carboxylic acids is 2. The highest BCUT2D eigenvalue weighted by atomic mass is 32.2. The molecular weight excluding hydrogens is 364 g/mol. The maximum Gasteiger partial charge on any atom is 0.242 e. The van der Waals surface area contributed by atoms with Gasteiger partial charge in [0.1, 0.15) is 0 Å². The molecule has 0 radical (unpaired) electrons. The number of amides is 2. The van der Waals surface area contributed by atoms with E-state index in [4.69, 9.17) is 0 Å². The van der Waals surface area contributed by atoms with Crippen LogP contribution >= 0.6 is 11.8 Å². The zero-order valence-electron chi connectivity index (χ0n) is 16.5. The third-order valence-electron chi connectivity index (χ3n) is 4.13. The molecule has 0 unspecified atom stereocenters. The lowest BCUT2D eigenvalue weighted by molar-refractivity contribution is -0.137. The molecule has 1 aromatic heterocycles. The van der Waals surface area contributed by atoms with Gasteiger partial charge in [0.05, 0.1) is 18.0 Å². The molecule has 0 atom stereocenters. The minimum absolute atomic E-state index is 0.0547. The van der Waals surface area contributed by atoms with Crippen LogP contribution in [0.4, 0.5) is 0 Å². The van der Waals surface area contributed by atoms with Crippen molar-refractivity contribution >= 4 is 23.6 Å². The van der Waals surface area contributed by atoms with E-state index in [0.717, 1.165) is 16.8 Å². The molecule has 0 aliphatic carbocycles. The normalized spacial score (nSPS) is 10.7. The summed E-state index contributed by atoms with van der Waals surface area (Å²) >= 11 is 1.25. The average molecular weight is 391 g/mol. The van der Waals surface area contributed by atoms with Gasteiger partial charge < -0.3 is 9.80 Å². The van der Waals surface area contributed by atoms with Crippen LogP contribution in [0.3, 0.4) is 0 Å². The van der Waals surface area contributed by atoms with Gasteiger partial charge in [-0.15, -0.1) is 5.10 Å². The summed E-state index contributed by atoms with van der Waals surface area (Å²) in [7, 11) is 1.64. The molecule has 27 heavy (non-hydrogen) atoms. The fourth-order valence-corrected chi connectivity index (χ4v) is 3.54. The summed E-state index contributed by atoms with van der Waals surface area (Å²) in [5.74, 6) is -0.0379. The number of hydrogen-bond donors (Lipinski definition) is 0. The van der Waals surface area contributed by atoms with E-state index < -0.39 is 0 Å². The SMILES string of the molecule is CCN(CC)C(=O)CN(C)C(=O)CSc1nnnn1-c1cc(C)cc(C)c1. The molecule has 1 aromatic carbocycles. The number of thioether (sulfide) groups is 1. The van der Waals surface area contributed by atoms with Crippen molar-refractivity contribution in [2.45, 2.75) is 32.9 Å². The first-order chi connectivity index (χ1) is 12.8. The van der Waals surface area contributed by atoms with Crippen molar-refractivity contribution in [2.24, 2.45) is 0 Å². The van der Waals surface area contributed by atoms with E-state index in [1.165, 1.54) is 16.7 Å². The largest absolute Gasteiger partial charge is 0.342 e. The molecule has 0 saturated heterocycles. The summed E-state index contributed by atoms with van der Waals surface area (Å²) in [5, 5.41) is 12.3. The molecule has 0 bridgehead atoms. The van der Waals surface area contributed by atoms with Crippen LogP contribution in [0, 0.1) is 13.8 Å². The van der Waals surface area contributed by atoms with Gasteiger partial charge >= 0.3 is 0 Å². The van der Waals surface area contributed by atoms with Gasteiger partial charge in [-0.05, 0) is 61.4 Å². The lowest BCUT2D eigenvalue weighted by Gasteiger charge is -2.23. The lowest BCUT2D eigenvalue weighted by Crippen LogP contribution is -2.41.